The van der Waals surface area contributed by atoms with E-state index in [1.807, 2.05) is 29.0 Å². The van der Waals surface area contributed by atoms with Crippen molar-refractivity contribution < 1.29 is 8.78 Å². The molecule has 5 rings (SSSR count). The Morgan fingerprint density at radius 2 is 1.90 bits per heavy atom. The number of thiophene rings is 1. The highest BCUT2D eigenvalue weighted by Crippen LogP contribution is 2.22. The normalized spacial score (nSPS) is 15.7. The highest BCUT2D eigenvalue weighted by atomic mass is 32.1. The van der Waals surface area contributed by atoms with Gasteiger partial charge in [0.25, 0.3) is 0 Å². The summed E-state index contributed by atoms with van der Waals surface area (Å²) in [5.41, 5.74) is 2.51. The van der Waals surface area contributed by atoms with Crippen molar-refractivity contribution in [3.8, 4) is 11.4 Å². The fourth-order valence-electron chi connectivity index (χ4n) is 3.78. The zero-order valence-corrected chi connectivity index (χ0v) is 16.9. The van der Waals surface area contributed by atoms with Gasteiger partial charge < -0.3 is 5.32 Å². The Kier molecular flexibility index (Phi) is 5.14. The van der Waals surface area contributed by atoms with E-state index in [1.165, 1.54) is 12.1 Å². The summed E-state index contributed by atoms with van der Waals surface area (Å²) in [6.45, 7) is 2.39. The van der Waals surface area contributed by atoms with Crippen LogP contribution in [-0.4, -0.2) is 43.8 Å². The van der Waals surface area contributed by atoms with Gasteiger partial charge in [0.2, 0.25) is 0 Å². The molecule has 0 radical (unpaired) electrons. The van der Waals surface area contributed by atoms with Crippen LogP contribution < -0.4 is 5.32 Å². The number of nitrogens with one attached hydrogen (secondary N) is 1. The summed E-state index contributed by atoms with van der Waals surface area (Å²) in [6, 6.07) is 10.3. The first-order chi connectivity index (χ1) is 14.7. The lowest BCUT2D eigenvalue weighted by Crippen LogP contribution is -2.38. The summed E-state index contributed by atoms with van der Waals surface area (Å²) in [4.78, 5) is 2.26. The Bertz CT molecular complexity index is 1150. The van der Waals surface area contributed by atoms with Crippen LogP contribution in [0.25, 0.3) is 17.0 Å². The van der Waals surface area contributed by atoms with E-state index in [9.17, 15) is 8.78 Å². The molecule has 154 valence electrons. The van der Waals surface area contributed by atoms with Gasteiger partial charge in [0.05, 0.1) is 0 Å². The monoisotopic (exact) mass is 426 g/mol. The number of fused-ring (bicyclic) bond motifs is 1. The van der Waals surface area contributed by atoms with Crippen molar-refractivity contribution in [1.29, 1.82) is 0 Å². The third-order valence-electron chi connectivity index (χ3n) is 5.37. The smallest absolute Gasteiger partial charge is 0.186 e. The molecule has 4 aromatic rings. The SMILES string of the molecule is Fc1ccc(CN2CCC(Nc3ccc4nnc(-c5ccsc5)n4n3)CC2)cc1F. The van der Waals surface area contributed by atoms with Crippen LogP contribution in [0.1, 0.15) is 18.4 Å². The molecular formula is C21H20F2N6S. The number of rotatable bonds is 5. The maximum Gasteiger partial charge on any atom is 0.186 e. The fraction of sp³-hybridized carbons (Fsp3) is 0.286. The molecule has 1 N–H and O–H groups in total. The minimum atomic E-state index is -0.804. The molecular weight excluding hydrogens is 406 g/mol. The van der Waals surface area contributed by atoms with E-state index in [0.717, 1.165) is 48.7 Å². The van der Waals surface area contributed by atoms with Crippen molar-refractivity contribution in [1.82, 2.24) is 24.7 Å². The lowest BCUT2D eigenvalue weighted by Gasteiger charge is -2.32. The van der Waals surface area contributed by atoms with Gasteiger partial charge in [0, 0.05) is 36.6 Å². The summed E-state index contributed by atoms with van der Waals surface area (Å²) in [6.07, 6.45) is 1.89. The number of aromatic nitrogens is 4. The molecule has 6 nitrogen and oxygen atoms in total. The Balaban J connectivity index is 1.22. The second-order valence-electron chi connectivity index (χ2n) is 7.47. The lowest BCUT2D eigenvalue weighted by molar-refractivity contribution is 0.211. The van der Waals surface area contributed by atoms with E-state index in [1.54, 1.807) is 21.9 Å². The number of hydrogen-bond acceptors (Lipinski definition) is 6. The molecule has 0 saturated carbocycles. The van der Waals surface area contributed by atoms with E-state index in [4.69, 9.17) is 0 Å². The summed E-state index contributed by atoms with van der Waals surface area (Å²) in [5.74, 6) is -0.0724. The van der Waals surface area contributed by atoms with Crippen molar-refractivity contribution in [2.24, 2.45) is 0 Å². The third-order valence-corrected chi connectivity index (χ3v) is 6.06. The second-order valence-corrected chi connectivity index (χ2v) is 8.25. The van der Waals surface area contributed by atoms with Gasteiger partial charge in [0.15, 0.2) is 23.1 Å². The van der Waals surface area contributed by atoms with E-state index in [2.05, 4.69) is 25.5 Å². The minimum absolute atomic E-state index is 0.303. The van der Waals surface area contributed by atoms with Gasteiger partial charge in [-0.25, -0.2) is 8.78 Å². The van der Waals surface area contributed by atoms with E-state index in [-0.39, 0.29) is 0 Å². The van der Waals surface area contributed by atoms with E-state index < -0.39 is 11.6 Å². The predicted octanol–water partition coefficient (Wildman–Crippen LogP) is 4.21. The summed E-state index contributed by atoms with van der Waals surface area (Å²) >= 11 is 1.61. The van der Waals surface area contributed by atoms with Crippen LogP contribution in [0.15, 0.2) is 47.2 Å². The Morgan fingerprint density at radius 1 is 1.03 bits per heavy atom. The van der Waals surface area contributed by atoms with Crippen LogP contribution >= 0.6 is 11.3 Å². The van der Waals surface area contributed by atoms with Crippen LogP contribution in [0.2, 0.25) is 0 Å². The Morgan fingerprint density at radius 3 is 2.67 bits per heavy atom. The quantitative estimate of drug-likeness (QED) is 0.518. The topological polar surface area (TPSA) is 58.3 Å². The Hall–Kier alpha value is -2.91. The van der Waals surface area contributed by atoms with Gasteiger partial charge in [-0.05, 0) is 54.1 Å². The van der Waals surface area contributed by atoms with Gasteiger partial charge in [0.1, 0.15) is 5.82 Å². The standard InChI is InChI=1S/C21H20F2N6S/c22-17-2-1-14(11-18(17)23)12-28-8-5-16(6-9-28)24-19-3-4-20-25-26-21(29(20)27-19)15-7-10-30-13-15/h1-4,7,10-11,13,16H,5-6,8-9,12H2,(H,24,27). The number of benzene rings is 1. The van der Waals surface area contributed by atoms with Crippen molar-refractivity contribution >= 4 is 22.8 Å². The molecule has 1 fully saturated rings. The van der Waals surface area contributed by atoms with Gasteiger partial charge >= 0.3 is 0 Å². The van der Waals surface area contributed by atoms with Gasteiger partial charge in [-0.15, -0.1) is 15.3 Å². The van der Waals surface area contributed by atoms with Crippen LogP contribution in [-0.2, 0) is 6.54 Å². The molecule has 3 aromatic heterocycles. The van der Waals surface area contributed by atoms with Crippen molar-refractivity contribution in [2.75, 3.05) is 18.4 Å². The van der Waals surface area contributed by atoms with E-state index in [0.29, 0.717) is 18.2 Å². The van der Waals surface area contributed by atoms with Crippen LogP contribution in [0, 0.1) is 11.6 Å². The number of nitrogens with zero attached hydrogens (tertiary/aromatic N) is 5. The number of likely N-dealkylation sites (tertiary alicyclic amines) is 1. The first kappa shape index (κ1) is 19.1. The maximum atomic E-state index is 13.4. The third kappa shape index (κ3) is 3.90. The molecule has 0 spiro atoms. The van der Waals surface area contributed by atoms with Crippen molar-refractivity contribution in [3.05, 3.63) is 64.4 Å². The van der Waals surface area contributed by atoms with E-state index >= 15 is 0 Å². The first-order valence-corrected chi connectivity index (χ1v) is 10.8. The molecule has 9 heteroatoms. The highest BCUT2D eigenvalue weighted by molar-refractivity contribution is 7.08. The molecule has 1 aromatic carbocycles. The molecule has 0 aliphatic carbocycles. The number of halogens is 2. The molecule has 0 amide bonds. The second kappa shape index (κ2) is 8.08. The molecule has 0 atom stereocenters. The van der Waals surface area contributed by atoms with Crippen molar-refractivity contribution in [2.45, 2.75) is 25.4 Å². The molecule has 4 heterocycles. The van der Waals surface area contributed by atoms with Gasteiger partial charge in [-0.1, -0.05) is 6.07 Å². The average molecular weight is 426 g/mol. The molecule has 1 saturated heterocycles. The predicted molar refractivity (Wildman–Crippen MR) is 112 cm³/mol. The highest BCUT2D eigenvalue weighted by Gasteiger charge is 2.20. The number of piperidine rings is 1. The number of anilines is 1. The first-order valence-electron chi connectivity index (χ1n) is 9.83. The molecule has 0 unspecified atom stereocenters. The lowest BCUT2D eigenvalue weighted by atomic mass is 10.0. The van der Waals surface area contributed by atoms with Crippen molar-refractivity contribution in [3.63, 3.8) is 0 Å². The van der Waals surface area contributed by atoms with Gasteiger partial charge in [-0.3, -0.25) is 4.90 Å². The van der Waals surface area contributed by atoms with Gasteiger partial charge in [-0.2, -0.15) is 15.9 Å². The minimum Gasteiger partial charge on any atom is -0.366 e. The zero-order valence-electron chi connectivity index (χ0n) is 16.1. The zero-order chi connectivity index (χ0) is 20.5. The molecule has 30 heavy (non-hydrogen) atoms. The molecule has 1 aliphatic rings. The van der Waals surface area contributed by atoms with Crippen LogP contribution in [0.3, 0.4) is 0 Å². The Labute approximate surface area is 176 Å². The summed E-state index contributed by atoms with van der Waals surface area (Å²) < 4.78 is 28.3. The maximum absolute atomic E-state index is 13.4. The van der Waals surface area contributed by atoms with Crippen LogP contribution in [0.4, 0.5) is 14.6 Å². The fourth-order valence-corrected chi connectivity index (χ4v) is 4.41. The average Bonchev–Trinajstić information content (AvgIpc) is 3.41. The summed E-state index contributed by atoms with van der Waals surface area (Å²) in [7, 11) is 0. The molecule has 0 bridgehead atoms. The molecule has 1 aliphatic heterocycles. The largest absolute Gasteiger partial charge is 0.366 e. The summed E-state index contributed by atoms with van der Waals surface area (Å²) in [5, 5.41) is 20.7. The van der Waals surface area contributed by atoms with Crippen LogP contribution in [0.5, 0.6) is 0 Å². The number of hydrogen-bond donors (Lipinski definition) is 1.